The predicted octanol–water partition coefficient (Wildman–Crippen LogP) is 5.54. The lowest BCUT2D eigenvalue weighted by molar-refractivity contribution is -0.137. The molecule has 0 bridgehead atoms. The quantitative estimate of drug-likeness (QED) is 0.289. The number of carbonyl (C=O) groups is 2. The number of rotatable bonds is 8. The predicted molar refractivity (Wildman–Crippen MR) is 163 cm³/mol. The number of hydrogen-bond donors (Lipinski definition) is 3. The number of amides is 3. The molecule has 0 unspecified atom stereocenters. The van der Waals surface area contributed by atoms with Crippen LogP contribution in [0, 0.1) is 5.92 Å². The molecular formula is C30H32ClF3N4O6S. The Morgan fingerprint density at radius 1 is 1.13 bits per heavy atom. The van der Waals surface area contributed by atoms with Gasteiger partial charge in [0, 0.05) is 30.2 Å². The molecule has 3 amide bonds. The standard InChI is InChI=1S/C30H32ClF3N4O6S/c1-18-15-38(19(2)17-39)28(40)24-5-4-6-25(36-45(42,43)23-13-9-21(31)10-14-23)27(24)44-26(18)16-37(3)29(41)35-22-11-7-20(8-12-22)30(32,33)34/h4-14,18-19,26,36,39H,15-17H2,1-3H3,(H,35,41)/t18-,19-,26-/m1/s1. The van der Waals surface area contributed by atoms with E-state index in [1.165, 1.54) is 59.3 Å². The fraction of sp³-hybridized carbons (Fsp3) is 0.333. The molecule has 1 heterocycles. The first-order valence-electron chi connectivity index (χ1n) is 13.8. The Labute approximate surface area is 263 Å². The number of carbonyl (C=O) groups excluding carboxylic acids is 2. The van der Waals surface area contributed by atoms with E-state index in [0.29, 0.717) is 5.02 Å². The zero-order valence-electron chi connectivity index (χ0n) is 24.5. The van der Waals surface area contributed by atoms with Crippen LogP contribution in [0.5, 0.6) is 5.75 Å². The highest BCUT2D eigenvalue weighted by atomic mass is 35.5. The molecule has 0 saturated heterocycles. The fourth-order valence-corrected chi connectivity index (χ4v) is 5.86. The Morgan fingerprint density at radius 2 is 1.78 bits per heavy atom. The SMILES string of the molecule is C[C@@H]1CN([C@H](C)CO)C(=O)c2cccc(NS(=O)(=O)c3ccc(Cl)cc3)c2O[C@@H]1CN(C)C(=O)Nc1ccc(C(F)(F)F)cc1. The summed E-state index contributed by atoms with van der Waals surface area (Å²) in [6, 6.07) is 12.6. The maximum atomic E-state index is 13.7. The first kappa shape index (κ1) is 33.9. The number of alkyl halides is 3. The number of aliphatic hydroxyl groups excluding tert-OH is 1. The number of ether oxygens (including phenoxy) is 1. The van der Waals surface area contributed by atoms with E-state index in [4.69, 9.17) is 16.3 Å². The smallest absolute Gasteiger partial charge is 0.416 e. The molecule has 0 radical (unpaired) electrons. The number of benzene rings is 3. The molecule has 4 rings (SSSR count). The monoisotopic (exact) mass is 668 g/mol. The summed E-state index contributed by atoms with van der Waals surface area (Å²) in [5.41, 5.74) is -0.698. The van der Waals surface area contributed by atoms with E-state index in [0.717, 1.165) is 24.3 Å². The number of halogens is 4. The minimum atomic E-state index is -4.52. The first-order valence-corrected chi connectivity index (χ1v) is 15.7. The lowest BCUT2D eigenvalue weighted by atomic mass is 9.99. The topological polar surface area (TPSA) is 128 Å². The molecule has 3 N–H and O–H groups in total. The maximum Gasteiger partial charge on any atom is 0.416 e. The summed E-state index contributed by atoms with van der Waals surface area (Å²) in [4.78, 5) is 29.3. The highest BCUT2D eigenvalue weighted by Gasteiger charge is 2.36. The first-order chi connectivity index (χ1) is 21.1. The van der Waals surface area contributed by atoms with Crippen LogP contribution in [-0.2, 0) is 16.2 Å². The van der Waals surface area contributed by atoms with Gasteiger partial charge in [-0.3, -0.25) is 9.52 Å². The zero-order valence-corrected chi connectivity index (χ0v) is 26.1. The van der Waals surface area contributed by atoms with Crippen molar-refractivity contribution in [1.29, 1.82) is 0 Å². The van der Waals surface area contributed by atoms with Crippen molar-refractivity contribution in [2.24, 2.45) is 5.92 Å². The van der Waals surface area contributed by atoms with Crippen LogP contribution in [0.25, 0.3) is 0 Å². The number of hydrogen-bond acceptors (Lipinski definition) is 6. The molecule has 3 aromatic rings. The van der Waals surface area contributed by atoms with Crippen molar-refractivity contribution in [3.05, 3.63) is 82.9 Å². The molecule has 0 aliphatic carbocycles. The molecule has 3 aromatic carbocycles. The third-order valence-electron chi connectivity index (χ3n) is 7.32. The third kappa shape index (κ3) is 7.99. The molecule has 10 nitrogen and oxygen atoms in total. The van der Waals surface area contributed by atoms with Crippen LogP contribution in [0.2, 0.25) is 5.02 Å². The van der Waals surface area contributed by atoms with Crippen molar-refractivity contribution in [2.45, 2.75) is 37.1 Å². The van der Waals surface area contributed by atoms with Crippen molar-refractivity contribution >= 4 is 44.9 Å². The summed E-state index contributed by atoms with van der Waals surface area (Å²) >= 11 is 5.91. The largest absolute Gasteiger partial charge is 0.485 e. The molecular weight excluding hydrogens is 637 g/mol. The molecule has 0 aromatic heterocycles. The van der Waals surface area contributed by atoms with Crippen molar-refractivity contribution in [1.82, 2.24) is 9.80 Å². The van der Waals surface area contributed by atoms with Crippen LogP contribution in [0.4, 0.5) is 29.3 Å². The van der Waals surface area contributed by atoms with E-state index in [1.54, 1.807) is 13.8 Å². The molecule has 0 spiro atoms. The lowest BCUT2D eigenvalue weighted by Gasteiger charge is -2.38. The Balaban J connectivity index is 1.64. The highest BCUT2D eigenvalue weighted by molar-refractivity contribution is 7.92. The normalized spacial score (nSPS) is 17.8. The molecule has 242 valence electrons. The fourth-order valence-electron chi connectivity index (χ4n) is 4.67. The molecule has 3 atom stereocenters. The van der Waals surface area contributed by atoms with Gasteiger partial charge in [0.25, 0.3) is 15.9 Å². The summed E-state index contributed by atoms with van der Waals surface area (Å²) in [5.74, 6) is -0.987. The second-order valence-corrected chi connectivity index (χ2v) is 12.9. The zero-order chi connectivity index (χ0) is 33.1. The summed E-state index contributed by atoms with van der Waals surface area (Å²) in [6.07, 6.45) is -5.32. The average molecular weight is 669 g/mol. The second kappa shape index (κ2) is 13.5. The number of para-hydroxylation sites is 1. The molecule has 0 saturated carbocycles. The van der Waals surface area contributed by atoms with Gasteiger partial charge < -0.3 is 25.0 Å². The maximum absolute atomic E-state index is 13.7. The van der Waals surface area contributed by atoms with E-state index in [-0.39, 0.29) is 47.3 Å². The van der Waals surface area contributed by atoms with Gasteiger partial charge in [0.2, 0.25) is 0 Å². The van der Waals surface area contributed by atoms with Gasteiger partial charge >= 0.3 is 12.2 Å². The summed E-state index contributed by atoms with van der Waals surface area (Å²) < 4.78 is 74.1. The minimum absolute atomic E-state index is 0.0247. The van der Waals surface area contributed by atoms with Gasteiger partial charge in [-0.05, 0) is 67.6 Å². The Kier molecular flexibility index (Phi) is 10.2. The van der Waals surface area contributed by atoms with Crippen molar-refractivity contribution in [2.75, 3.05) is 36.8 Å². The Morgan fingerprint density at radius 3 is 2.38 bits per heavy atom. The number of nitrogens with one attached hydrogen (secondary N) is 2. The van der Waals surface area contributed by atoms with Crippen LogP contribution in [-0.4, -0.2) is 74.2 Å². The summed E-state index contributed by atoms with van der Waals surface area (Å²) in [7, 11) is -2.69. The molecule has 0 fully saturated rings. The number of nitrogens with zero attached hydrogens (tertiary/aromatic N) is 2. The summed E-state index contributed by atoms with van der Waals surface area (Å²) in [6.45, 7) is 3.19. The lowest BCUT2D eigenvalue weighted by Crippen LogP contribution is -2.50. The van der Waals surface area contributed by atoms with E-state index in [9.17, 15) is 36.3 Å². The number of likely N-dealkylation sites (N-methyl/N-ethyl adjacent to an activating group) is 1. The Hall–Kier alpha value is -4.01. The number of urea groups is 1. The van der Waals surface area contributed by atoms with Crippen LogP contribution in [0.1, 0.15) is 29.8 Å². The number of anilines is 2. The molecule has 15 heteroatoms. The second-order valence-electron chi connectivity index (χ2n) is 10.8. The van der Waals surface area contributed by atoms with E-state index in [1.807, 2.05) is 0 Å². The van der Waals surface area contributed by atoms with Crippen LogP contribution in [0.3, 0.4) is 0 Å². The van der Waals surface area contributed by atoms with E-state index >= 15 is 0 Å². The minimum Gasteiger partial charge on any atom is -0.485 e. The van der Waals surface area contributed by atoms with Gasteiger partial charge in [0.1, 0.15) is 6.10 Å². The van der Waals surface area contributed by atoms with Gasteiger partial charge in [-0.2, -0.15) is 13.2 Å². The highest BCUT2D eigenvalue weighted by Crippen LogP contribution is 2.36. The van der Waals surface area contributed by atoms with Crippen LogP contribution >= 0.6 is 11.6 Å². The van der Waals surface area contributed by atoms with Crippen LogP contribution < -0.4 is 14.8 Å². The van der Waals surface area contributed by atoms with Crippen molar-refractivity contribution in [3.63, 3.8) is 0 Å². The number of fused-ring (bicyclic) bond motifs is 1. The van der Waals surface area contributed by atoms with Crippen molar-refractivity contribution in [3.8, 4) is 5.75 Å². The average Bonchev–Trinajstić information content (AvgIpc) is 2.98. The van der Waals surface area contributed by atoms with Gasteiger partial charge in [-0.1, -0.05) is 24.6 Å². The molecule has 1 aliphatic rings. The summed E-state index contributed by atoms with van der Waals surface area (Å²) in [5, 5.41) is 12.8. The number of sulfonamides is 1. The van der Waals surface area contributed by atoms with E-state index in [2.05, 4.69) is 10.0 Å². The van der Waals surface area contributed by atoms with Crippen molar-refractivity contribution < 1.29 is 41.0 Å². The molecule has 1 aliphatic heterocycles. The Bertz CT molecular complexity index is 1640. The van der Waals surface area contributed by atoms with E-state index < -0.39 is 51.8 Å². The van der Waals surface area contributed by atoms with Gasteiger partial charge in [0.15, 0.2) is 5.75 Å². The molecule has 45 heavy (non-hydrogen) atoms. The number of aliphatic hydroxyl groups is 1. The van der Waals surface area contributed by atoms with Gasteiger partial charge in [-0.15, -0.1) is 0 Å². The van der Waals surface area contributed by atoms with Gasteiger partial charge in [0.05, 0.1) is 40.9 Å². The third-order valence-corrected chi connectivity index (χ3v) is 8.96. The van der Waals surface area contributed by atoms with Crippen LogP contribution in [0.15, 0.2) is 71.6 Å². The van der Waals surface area contributed by atoms with Gasteiger partial charge in [-0.25, -0.2) is 13.2 Å².